The molecule has 4 N–H and O–H groups in total. The number of nitrogens with two attached hydrogens (primary N) is 1. The molecule has 2 atom stereocenters. The van der Waals surface area contributed by atoms with Gasteiger partial charge in [0.25, 0.3) is 0 Å². The van der Waals surface area contributed by atoms with Gasteiger partial charge in [-0.2, -0.15) is 0 Å². The number of alkyl carbamates (subject to hydrolysis) is 1. The van der Waals surface area contributed by atoms with Crippen LogP contribution in [-0.4, -0.2) is 52.1 Å². The van der Waals surface area contributed by atoms with E-state index < -0.39 is 29.7 Å². The fourth-order valence-corrected chi connectivity index (χ4v) is 3.38. The zero-order chi connectivity index (χ0) is 16.6. The molecule has 0 fully saturated rings. The van der Waals surface area contributed by atoms with E-state index in [1.165, 1.54) is 28.5 Å². The van der Waals surface area contributed by atoms with E-state index >= 15 is 0 Å². The Morgan fingerprint density at radius 2 is 1.76 bits per heavy atom. The van der Waals surface area contributed by atoms with Crippen LogP contribution in [0.25, 0.3) is 0 Å². The molecule has 0 aromatic rings. The molecule has 0 aliphatic heterocycles. The zero-order valence-corrected chi connectivity index (χ0v) is 14.2. The molecule has 1 amide bonds. The summed E-state index contributed by atoms with van der Waals surface area (Å²) in [5.74, 6) is -0.738. The van der Waals surface area contributed by atoms with Crippen LogP contribution >= 0.6 is 21.6 Å². The van der Waals surface area contributed by atoms with Gasteiger partial charge in [0.05, 0.1) is 0 Å². The van der Waals surface area contributed by atoms with Gasteiger partial charge >= 0.3 is 12.1 Å². The second-order valence-corrected chi connectivity index (χ2v) is 7.88. The first kappa shape index (κ1) is 20.1. The number of carboxylic acids is 1. The fourth-order valence-electron chi connectivity index (χ4n) is 1.02. The van der Waals surface area contributed by atoms with Gasteiger partial charge in [-0.25, -0.2) is 4.79 Å². The van der Waals surface area contributed by atoms with Gasteiger partial charge in [0, 0.05) is 11.5 Å². The first-order valence-electron chi connectivity index (χ1n) is 6.25. The van der Waals surface area contributed by atoms with Crippen molar-refractivity contribution in [2.24, 2.45) is 5.73 Å². The van der Waals surface area contributed by atoms with Crippen LogP contribution in [0.1, 0.15) is 27.7 Å². The minimum atomic E-state index is -1.07. The zero-order valence-electron chi connectivity index (χ0n) is 12.5. The lowest BCUT2D eigenvalue weighted by Crippen LogP contribution is -2.44. The van der Waals surface area contributed by atoms with E-state index in [-0.39, 0.29) is 11.5 Å². The van der Waals surface area contributed by atoms with Crippen molar-refractivity contribution in [3.05, 3.63) is 0 Å². The van der Waals surface area contributed by atoms with E-state index in [1.54, 1.807) is 20.8 Å². The Balaban J connectivity index is 4.18. The SMILES string of the molecule is CC(=O)C(CSSCC(N)C(=O)O)NC(=O)OC(C)(C)C. The number of carbonyl (C=O) groups is 3. The molecule has 7 nitrogen and oxygen atoms in total. The summed E-state index contributed by atoms with van der Waals surface area (Å²) in [4.78, 5) is 33.6. The van der Waals surface area contributed by atoms with Crippen molar-refractivity contribution in [1.82, 2.24) is 5.32 Å². The maximum absolute atomic E-state index is 11.6. The Hall–Kier alpha value is -0.930. The summed E-state index contributed by atoms with van der Waals surface area (Å²) in [6.45, 7) is 6.56. The Labute approximate surface area is 132 Å². The highest BCUT2D eigenvalue weighted by Crippen LogP contribution is 2.23. The normalized spacial score (nSPS) is 14.1. The maximum atomic E-state index is 11.6. The minimum Gasteiger partial charge on any atom is -0.480 e. The van der Waals surface area contributed by atoms with Gasteiger partial charge in [-0.3, -0.25) is 9.59 Å². The molecule has 0 heterocycles. The van der Waals surface area contributed by atoms with Crippen LogP contribution in [0.3, 0.4) is 0 Å². The predicted octanol–water partition coefficient (Wildman–Crippen LogP) is 1.26. The number of nitrogens with one attached hydrogen (secondary N) is 1. The summed E-state index contributed by atoms with van der Waals surface area (Å²) >= 11 is 0. The third kappa shape index (κ3) is 10.4. The van der Waals surface area contributed by atoms with E-state index in [0.717, 1.165) is 0 Å². The number of aliphatic carboxylic acids is 1. The average Bonchev–Trinajstić information content (AvgIpc) is 2.29. The minimum absolute atomic E-state index is 0.198. The van der Waals surface area contributed by atoms with Crippen LogP contribution < -0.4 is 11.1 Å². The van der Waals surface area contributed by atoms with Crippen molar-refractivity contribution < 1.29 is 24.2 Å². The van der Waals surface area contributed by atoms with Gasteiger partial charge in [0.2, 0.25) is 0 Å². The molecular formula is C12H22N2O5S2. The molecule has 0 bridgehead atoms. The van der Waals surface area contributed by atoms with Crippen molar-refractivity contribution in [1.29, 1.82) is 0 Å². The smallest absolute Gasteiger partial charge is 0.408 e. The van der Waals surface area contributed by atoms with Crippen molar-refractivity contribution in [2.45, 2.75) is 45.4 Å². The number of ether oxygens (including phenoxy) is 1. The molecule has 0 aromatic carbocycles. The van der Waals surface area contributed by atoms with Crippen molar-refractivity contribution in [3.63, 3.8) is 0 Å². The predicted molar refractivity (Wildman–Crippen MR) is 84.4 cm³/mol. The molecule has 0 saturated carbocycles. The van der Waals surface area contributed by atoms with Gasteiger partial charge < -0.3 is 20.9 Å². The molecule has 9 heteroatoms. The third-order valence-corrected chi connectivity index (χ3v) is 4.51. The van der Waals surface area contributed by atoms with Gasteiger partial charge in [-0.15, -0.1) is 0 Å². The molecular weight excluding hydrogens is 316 g/mol. The van der Waals surface area contributed by atoms with E-state index in [0.29, 0.717) is 5.75 Å². The number of amides is 1. The highest BCUT2D eigenvalue weighted by atomic mass is 33.1. The van der Waals surface area contributed by atoms with Crippen LogP contribution in [0.2, 0.25) is 0 Å². The second kappa shape index (κ2) is 9.16. The number of hydrogen-bond donors (Lipinski definition) is 3. The topological polar surface area (TPSA) is 119 Å². The Morgan fingerprint density at radius 1 is 1.24 bits per heavy atom. The second-order valence-electron chi connectivity index (χ2n) is 5.32. The van der Waals surface area contributed by atoms with Gasteiger partial charge in [0.15, 0.2) is 5.78 Å². The Bertz CT molecular complexity index is 384. The van der Waals surface area contributed by atoms with Crippen LogP contribution in [0, 0.1) is 0 Å². The summed E-state index contributed by atoms with van der Waals surface area (Å²) in [7, 11) is 2.52. The highest BCUT2D eigenvalue weighted by Gasteiger charge is 2.22. The summed E-state index contributed by atoms with van der Waals surface area (Å²) < 4.78 is 5.08. The van der Waals surface area contributed by atoms with Gasteiger partial charge in [0.1, 0.15) is 17.7 Å². The number of carboxylic acid groups (broad SMARTS) is 1. The van der Waals surface area contributed by atoms with Crippen LogP contribution in [0.4, 0.5) is 4.79 Å². The Kier molecular flexibility index (Phi) is 8.76. The van der Waals surface area contributed by atoms with E-state index in [2.05, 4.69) is 5.32 Å². The van der Waals surface area contributed by atoms with Gasteiger partial charge in [-0.1, -0.05) is 21.6 Å². The summed E-state index contributed by atoms with van der Waals surface area (Å²) in [6, 6.07) is -1.63. The number of hydrogen-bond acceptors (Lipinski definition) is 7. The molecule has 0 radical (unpaired) electrons. The standard InChI is InChI=1S/C12H22N2O5S2/c1-7(15)9(14-11(18)19-12(2,3)4)6-21-20-5-8(13)10(16)17/h8-9H,5-6,13H2,1-4H3,(H,14,18)(H,16,17). The van der Waals surface area contributed by atoms with Crippen molar-refractivity contribution in [3.8, 4) is 0 Å². The molecule has 21 heavy (non-hydrogen) atoms. The number of carbonyl (C=O) groups excluding carboxylic acids is 2. The largest absolute Gasteiger partial charge is 0.480 e. The number of Topliss-reactive ketones (excluding diaryl/α,β-unsaturated/α-hetero) is 1. The first-order chi connectivity index (χ1) is 9.53. The first-order valence-corrected chi connectivity index (χ1v) is 8.74. The Morgan fingerprint density at radius 3 is 2.19 bits per heavy atom. The summed E-state index contributed by atoms with van der Waals surface area (Å²) in [5, 5.41) is 11.1. The third-order valence-electron chi connectivity index (χ3n) is 2.06. The summed E-state index contributed by atoms with van der Waals surface area (Å²) in [5.41, 5.74) is 4.72. The molecule has 2 unspecified atom stereocenters. The lowest BCUT2D eigenvalue weighted by molar-refractivity contribution is -0.137. The molecule has 0 aromatic heterocycles. The number of ketones is 1. The molecule has 0 aliphatic carbocycles. The van der Waals surface area contributed by atoms with Crippen LogP contribution in [0.5, 0.6) is 0 Å². The summed E-state index contributed by atoms with van der Waals surface area (Å²) in [6.07, 6.45) is -0.657. The molecule has 122 valence electrons. The maximum Gasteiger partial charge on any atom is 0.408 e. The molecule has 0 rings (SSSR count). The van der Waals surface area contributed by atoms with Crippen molar-refractivity contribution >= 4 is 39.4 Å². The quantitative estimate of drug-likeness (QED) is 0.447. The average molecular weight is 338 g/mol. The van der Waals surface area contributed by atoms with Crippen molar-refractivity contribution in [2.75, 3.05) is 11.5 Å². The molecule has 0 saturated heterocycles. The molecule has 0 aliphatic rings. The fraction of sp³-hybridized carbons (Fsp3) is 0.750. The number of rotatable bonds is 8. The van der Waals surface area contributed by atoms with Gasteiger partial charge in [-0.05, 0) is 27.7 Å². The lowest BCUT2D eigenvalue weighted by Gasteiger charge is -2.22. The molecule has 0 spiro atoms. The highest BCUT2D eigenvalue weighted by molar-refractivity contribution is 8.76. The monoisotopic (exact) mass is 338 g/mol. The van der Waals surface area contributed by atoms with Crippen LogP contribution in [0.15, 0.2) is 0 Å². The van der Waals surface area contributed by atoms with Crippen LogP contribution in [-0.2, 0) is 14.3 Å². The van der Waals surface area contributed by atoms with E-state index in [9.17, 15) is 14.4 Å². The lowest BCUT2D eigenvalue weighted by atomic mass is 10.2. The van der Waals surface area contributed by atoms with E-state index in [1.807, 2.05) is 0 Å². The van der Waals surface area contributed by atoms with E-state index in [4.69, 9.17) is 15.6 Å².